The Morgan fingerprint density at radius 2 is 2.05 bits per heavy atom. The highest BCUT2D eigenvalue weighted by Crippen LogP contribution is 2.31. The van der Waals surface area contributed by atoms with Crippen molar-refractivity contribution in [2.24, 2.45) is 0 Å². The number of hydrogen-bond acceptors (Lipinski definition) is 4. The monoisotopic (exact) mass is 274 g/mol. The van der Waals surface area contributed by atoms with Gasteiger partial charge >= 0.3 is 12.3 Å². The molecule has 0 aliphatic rings. The summed E-state index contributed by atoms with van der Waals surface area (Å²) >= 11 is 0. The van der Waals surface area contributed by atoms with Gasteiger partial charge in [0.1, 0.15) is 17.1 Å². The number of hydrogen-bond donors (Lipinski definition) is 2. The molecule has 3 N–H and O–H groups in total. The Morgan fingerprint density at radius 3 is 2.63 bits per heavy atom. The molecule has 102 valence electrons. The molecule has 2 rings (SSSR count). The summed E-state index contributed by atoms with van der Waals surface area (Å²) in [4.78, 5) is 14.2. The van der Waals surface area contributed by atoms with Crippen molar-refractivity contribution in [3.8, 4) is 5.75 Å². The van der Waals surface area contributed by atoms with Gasteiger partial charge in [-0.15, -0.1) is 13.2 Å². The Bertz CT molecular complexity index is 634. The van der Waals surface area contributed by atoms with Gasteiger partial charge in [0.2, 0.25) is 0 Å². The molecule has 0 unspecified atom stereocenters. The van der Waals surface area contributed by atoms with E-state index in [1.165, 1.54) is 6.07 Å². The molecule has 0 aliphatic carbocycles. The van der Waals surface area contributed by atoms with Crippen LogP contribution in [0.2, 0.25) is 0 Å². The van der Waals surface area contributed by atoms with Crippen LogP contribution >= 0.6 is 0 Å². The molecule has 0 saturated carbocycles. The predicted molar refractivity (Wildman–Crippen MR) is 60.7 cm³/mol. The zero-order chi connectivity index (χ0) is 14.2. The number of nitrogens with two attached hydrogens (primary N) is 1. The largest absolute Gasteiger partial charge is 0.573 e. The second-order valence-electron chi connectivity index (χ2n) is 3.66. The number of ether oxygens (including phenoxy) is 2. The Balaban J connectivity index is 2.54. The van der Waals surface area contributed by atoms with Crippen LogP contribution in [0, 0.1) is 0 Å². The summed E-state index contributed by atoms with van der Waals surface area (Å²) in [5.41, 5.74) is 5.97. The summed E-state index contributed by atoms with van der Waals surface area (Å²) in [6.45, 7) is 0. The normalized spacial score (nSPS) is 11.6. The topological polar surface area (TPSA) is 77.3 Å². The highest BCUT2D eigenvalue weighted by Gasteiger charge is 2.31. The first-order valence-corrected chi connectivity index (χ1v) is 5.07. The first-order chi connectivity index (χ1) is 8.81. The lowest BCUT2D eigenvalue weighted by Crippen LogP contribution is -2.17. The number of carbonyl (C=O) groups excluding carboxylic acids is 1. The number of benzene rings is 1. The minimum Gasteiger partial charge on any atom is -0.465 e. The van der Waals surface area contributed by atoms with Crippen LogP contribution in [0.15, 0.2) is 18.2 Å². The van der Waals surface area contributed by atoms with E-state index in [1.807, 2.05) is 0 Å². The van der Waals surface area contributed by atoms with Crippen LogP contribution in [-0.2, 0) is 4.74 Å². The molecular weight excluding hydrogens is 265 g/mol. The number of nitrogen functional groups attached to an aromatic ring is 1. The van der Waals surface area contributed by atoms with E-state index in [2.05, 4.69) is 14.5 Å². The number of aromatic amines is 1. The van der Waals surface area contributed by atoms with Crippen molar-refractivity contribution >= 4 is 22.7 Å². The maximum Gasteiger partial charge on any atom is 0.573 e. The second-order valence-corrected chi connectivity index (χ2v) is 3.66. The van der Waals surface area contributed by atoms with Gasteiger partial charge in [0.15, 0.2) is 0 Å². The van der Waals surface area contributed by atoms with E-state index in [9.17, 15) is 18.0 Å². The molecule has 2 aromatic rings. The third-order valence-corrected chi connectivity index (χ3v) is 2.42. The highest BCUT2D eigenvalue weighted by molar-refractivity contribution is 6.09. The molecule has 0 spiro atoms. The zero-order valence-corrected chi connectivity index (χ0v) is 9.67. The minimum absolute atomic E-state index is 0.0195. The predicted octanol–water partition coefficient (Wildman–Crippen LogP) is 2.44. The molecular formula is C11H9F3N2O3. The number of carbonyl (C=O) groups is 1. The van der Waals surface area contributed by atoms with Crippen molar-refractivity contribution in [3.63, 3.8) is 0 Å². The van der Waals surface area contributed by atoms with E-state index in [-0.39, 0.29) is 16.8 Å². The summed E-state index contributed by atoms with van der Waals surface area (Å²) in [5, 5.41) is 0.200. The van der Waals surface area contributed by atoms with E-state index >= 15 is 0 Å². The number of methoxy groups -OCH3 is 1. The summed E-state index contributed by atoms with van der Waals surface area (Å²) in [7, 11) is 1.15. The van der Waals surface area contributed by atoms with Gasteiger partial charge in [-0.2, -0.15) is 0 Å². The van der Waals surface area contributed by atoms with Crippen molar-refractivity contribution in [1.29, 1.82) is 0 Å². The van der Waals surface area contributed by atoms with Crippen LogP contribution in [0.5, 0.6) is 5.75 Å². The van der Waals surface area contributed by atoms with E-state index in [0.717, 1.165) is 19.2 Å². The van der Waals surface area contributed by atoms with Gasteiger partial charge < -0.3 is 20.2 Å². The van der Waals surface area contributed by atoms with Crippen molar-refractivity contribution in [2.75, 3.05) is 12.8 Å². The molecule has 19 heavy (non-hydrogen) atoms. The van der Waals surface area contributed by atoms with E-state index in [4.69, 9.17) is 5.73 Å². The second kappa shape index (κ2) is 4.38. The molecule has 1 aromatic heterocycles. The molecule has 0 saturated heterocycles. The zero-order valence-electron chi connectivity index (χ0n) is 9.67. The summed E-state index contributed by atoms with van der Waals surface area (Å²) in [6.07, 6.45) is -4.80. The third-order valence-electron chi connectivity index (χ3n) is 2.42. The average molecular weight is 274 g/mol. The number of nitrogens with one attached hydrogen (secondary N) is 1. The van der Waals surface area contributed by atoms with Crippen LogP contribution in [0.3, 0.4) is 0 Å². The Kier molecular flexibility index (Phi) is 3.01. The molecule has 5 nitrogen and oxygen atoms in total. The van der Waals surface area contributed by atoms with Crippen molar-refractivity contribution < 1.29 is 27.4 Å². The quantitative estimate of drug-likeness (QED) is 0.824. The van der Waals surface area contributed by atoms with Gasteiger partial charge in [0, 0.05) is 10.9 Å². The maximum atomic E-state index is 12.1. The summed E-state index contributed by atoms with van der Waals surface area (Å²) in [6, 6.07) is 3.52. The standard InChI is InChI=1S/C11H9F3N2O3/c1-18-10(17)8-6-4-5(19-11(12,13)14)2-3-7(6)16-9(8)15/h2-4,16H,15H2,1H3. The number of H-pyrrole nitrogens is 1. The Labute approximate surface area is 105 Å². The average Bonchev–Trinajstić information content (AvgIpc) is 2.61. The maximum absolute atomic E-state index is 12.1. The fourth-order valence-corrected chi connectivity index (χ4v) is 1.71. The number of rotatable bonds is 2. The van der Waals surface area contributed by atoms with Crippen LogP contribution in [0.25, 0.3) is 10.9 Å². The van der Waals surface area contributed by atoms with E-state index in [0.29, 0.717) is 5.52 Å². The van der Waals surface area contributed by atoms with Crippen LogP contribution < -0.4 is 10.5 Å². The lowest BCUT2D eigenvalue weighted by Gasteiger charge is -2.08. The Morgan fingerprint density at radius 1 is 1.37 bits per heavy atom. The van der Waals surface area contributed by atoms with Gasteiger partial charge in [-0.3, -0.25) is 0 Å². The van der Waals surface area contributed by atoms with Crippen LogP contribution in [0.1, 0.15) is 10.4 Å². The number of alkyl halides is 3. The van der Waals surface area contributed by atoms with Gasteiger partial charge in [-0.1, -0.05) is 0 Å². The Hall–Kier alpha value is -2.38. The fraction of sp³-hybridized carbons (Fsp3) is 0.182. The first-order valence-electron chi connectivity index (χ1n) is 5.07. The van der Waals surface area contributed by atoms with Gasteiger partial charge in [0.05, 0.1) is 7.11 Å². The number of anilines is 1. The number of fused-ring (bicyclic) bond motifs is 1. The molecule has 0 atom stereocenters. The smallest absolute Gasteiger partial charge is 0.465 e. The van der Waals surface area contributed by atoms with Crippen LogP contribution in [-0.4, -0.2) is 24.4 Å². The minimum atomic E-state index is -4.80. The summed E-state index contributed by atoms with van der Waals surface area (Å²) < 4.78 is 44.7. The number of aromatic nitrogens is 1. The fourth-order valence-electron chi connectivity index (χ4n) is 1.71. The first kappa shape index (κ1) is 13.1. The van der Waals surface area contributed by atoms with Crippen LogP contribution in [0.4, 0.5) is 19.0 Å². The van der Waals surface area contributed by atoms with Crippen molar-refractivity contribution in [2.45, 2.75) is 6.36 Å². The lowest BCUT2D eigenvalue weighted by molar-refractivity contribution is -0.274. The molecule has 0 aliphatic heterocycles. The molecule has 0 radical (unpaired) electrons. The van der Waals surface area contributed by atoms with E-state index in [1.54, 1.807) is 0 Å². The van der Waals surface area contributed by atoms with Gasteiger partial charge in [-0.05, 0) is 18.2 Å². The molecule has 0 fully saturated rings. The molecule has 8 heteroatoms. The van der Waals surface area contributed by atoms with E-state index < -0.39 is 18.1 Å². The molecule has 0 amide bonds. The molecule has 1 aromatic carbocycles. The molecule has 1 heterocycles. The third kappa shape index (κ3) is 2.56. The lowest BCUT2D eigenvalue weighted by atomic mass is 10.1. The molecule has 0 bridgehead atoms. The summed E-state index contributed by atoms with van der Waals surface area (Å²) in [5.74, 6) is -1.16. The van der Waals surface area contributed by atoms with Crippen molar-refractivity contribution in [3.05, 3.63) is 23.8 Å². The van der Waals surface area contributed by atoms with Gasteiger partial charge in [0.25, 0.3) is 0 Å². The van der Waals surface area contributed by atoms with Gasteiger partial charge in [-0.25, -0.2) is 4.79 Å². The highest BCUT2D eigenvalue weighted by atomic mass is 19.4. The van der Waals surface area contributed by atoms with Crippen molar-refractivity contribution in [1.82, 2.24) is 4.98 Å². The number of esters is 1. The SMILES string of the molecule is COC(=O)c1c(N)[nH]c2ccc(OC(F)(F)F)cc12. The number of halogens is 3.